The lowest BCUT2D eigenvalue weighted by atomic mass is 10.4. The van der Waals surface area contributed by atoms with Gasteiger partial charge in [0.25, 0.3) is 0 Å². The summed E-state index contributed by atoms with van der Waals surface area (Å²) in [7, 11) is -3.37. The summed E-state index contributed by atoms with van der Waals surface area (Å²) < 4.78 is 28.1. The molecule has 114 valence electrons. The Hall–Kier alpha value is -0.570. The Bertz CT molecular complexity index is 521. The standard InChI is InChI=1S/C12H22N4O2S2/c1-11(2)13-3-4-15-10-12(9-14-15)20(17,18)16-5-7-19-8-6-16/h9-11,13H,3-8H2,1-2H3. The molecule has 0 saturated carbocycles. The summed E-state index contributed by atoms with van der Waals surface area (Å²) in [6.07, 6.45) is 3.07. The van der Waals surface area contributed by atoms with E-state index < -0.39 is 10.0 Å². The molecule has 0 amide bonds. The number of nitrogens with zero attached hydrogens (tertiary/aromatic N) is 3. The molecule has 1 aliphatic rings. The third-order valence-electron chi connectivity index (χ3n) is 3.11. The van der Waals surface area contributed by atoms with Gasteiger partial charge in [-0.25, -0.2) is 8.42 Å². The van der Waals surface area contributed by atoms with Crippen molar-refractivity contribution in [2.45, 2.75) is 31.3 Å². The lowest BCUT2D eigenvalue weighted by molar-refractivity contribution is 0.443. The molecule has 0 aliphatic carbocycles. The van der Waals surface area contributed by atoms with Crippen LogP contribution >= 0.6 is 11.8 Å². The highest BCUT2D eigenvalue weighted by atomic mass is 32.2. The fourth-order valence-corrected chi connectivity index (χ4v) is 4.53. The van der Waals surface area contributed by atoms with Crippen LogP contribution < -0.4 is 5.32 Å². The van der Waals surface area contributed by atoms with Gasteiger partial charge in [-0.3, -0.25) is 4.68 Å². The van der Waals surface area contributed by atoms with E-state index in [2.05, 4.69) is 24.3 Å². The molecule has 1 N–H and O–H groups in total. The van der Waals surface area contributed by atoms with Crippen molar-refractivity contribution in [3.05, 3.63) is 12.4 Å². The molecule has 1 aromatic heterocycles. The Kier molecular flexibility index (Phi) is 5.48. The monoisotopic (exact) mass is 318 g/mol. The van der Waals surface area contributed by atoms with Crippen molar-refractivity contribution < 1.29 is 8.42 Å². The predicted octanol–water partition coefficient (Wildman–Crippen LogP) is 0.619. The van der Waals surface area contributed by atoms with Crippen LogP contribution in [0.2, 0.25) is 0 Å². The molecule has 8 heteroatoms. The molecule has 0 unspecified atom stereocenters. The fourth-order valence-electron chi connectivity index (χ4n) is 2.00. The Morgan fingerprint density at radius 3 is 2.75 bits per heavy atom. The highest BCUT2D eigenvalue weighted by Crippen LogP contribution is 2.19. The second kappa shape index (κ2) is 6.93. The third-order valence-corrected chi connectivity index (χ3v) is 5.90. The molecule has 1 saturated heterocycles. The molecule has 20 heavy (non-hydrogen) atoms. The minimum atomic E-state index is -3.37. The summed E-state index contributed by atoms with van der Waals surface area (Å²) in [6.45, 7) is 6.78. The molecule has 0 bridgehead atoms. The van der Waals surface area contributed by atoms with Crippen molar-refractivity contribution >= 4 is 21.8 Å². The molecule has 0 radical (unpaired) electrons. The zero-order valence-corrected chi connectivity index (χ0v) is 13.6. The van der Waals surface area contributed by atoms with Gasteiger partial charge >= 0.3 is 0 Å². The average molecular weight is 318 g/mol. The second-order valence-corrected chi connectivity index (χ2v) is 8.23. The minimum Gasteiger partial charge on any atom is -0.313 e. The van der Waals surface area contributed by atoms with Crippen LogP contribution in [0.25, 0.3) is 0 Å². The van der Waals surface area contributed by atoms with Crippen molar-refractivity contribution in [3.8, 4) is 0 Å². The van der Waals surface area contributed by atoms with Crippen molar-refractivity contribution in [3.63, 3.8) is 0 Å². The van der Waals surface area contributed by atoms with E-state index >= 15 is 0 Å². The van der Waals surface area contributed by atoms with Crippen LogP contribution in [-0.2, 0) is 16.6 Å². The summed E-state index contributed by atoms with van der Waals surface area (Å²) in [5.74, 6) is 1.73. The Labute approximate surface area is 125 Å². The summed E-state index contributed by atoms with van der Waals surface area (Å²) in [4.78, 5) is 0.300. The number of hydrogen-bond acceptors (Lipinski definition) is 5. The second-order valence-electron chi connectivity index (χ2n) is 5.06. The summed E-state index contributed by atoms with van der Waals surface area (Å²) in [5.41, 5.74) is 0. The molecular weight excluding hydrogens is 296 g/mol. The van der Waals surface area contributed by atoms with Gasteiger partial charge in [-0.05, 0) is 0 Å². The molecule has 0 atom stereocenters. The first-order chi connectivity index (χ1) is 9.50. The number of sulfonamides is 1. The zero-order valence-electron chi connectivity index (χ0n) is 11.9. The number of nitrogens with one attached hydrogen (secondary N) is 1. The molecule has 1 aromatic rings. The number of rotatable bonds is 6. The van der Waals surface area contributed by atoms with E-state index in [0.717, 1.165) is 18.1 Å². The molecule has 2 heterocycles. The van der Waals surface area contributed by atoms with Crippen LogP contribution in [0.5, 0.6) is 0 Å². The van der Waals surface area contributed by atoms with E-state index in [-0.39, 0.29) is 0 Å². The summed E-state index contributed by atoms with van der Waals surface area (Å²) >= 11 is 1.79. The van der Waals surface area contributed by atoms with Gasteiger partial charge in [0.2, 0.25) is 10.0 Å². The van der Waals surface area contributed by atoms with Gasteiger partial charge < -0.3 is 5.32 Å². The third kappa shape index (κ3) is 3.97. The van der Waals surface area contributed by atoms with Crippen LogP contribution in [0.4, 0.5) is 0 Å². The smallest absolute Gasteiger partial charge is 0.246 e. The van der Waals surface area contributed by atoms with Gasteiger partial charge in [-0.1, -0.05) is 13.8 Å². The van der Waals surface area contributed by atoms with E-state index in [1.54, 1.807) is 26.9 Å². The van der Waals surface area contributed by atoms with Crippen LogP contribution in [0.15, 0.2) is 17.3 Å². The quantitative estimate of drug-likeness (QED) is 0.833. The van der Waals surface area contributed by atoms with Crippen molar-refractivity contribution in [2.24, 2.45) is 0 Å². The highest BCUT2D eigenvalue weighted by Gasteiger charge is 2.27. The van der Waals surface area contributed by atoms with E-state index in [0.29, 0.717) is 30.6 Å². The zero-order chi connectivity index (χ0) is 14.6. The van der Waals surface area contributed by atoms with E-state index in [1.807, 2.05) is 0 Å². The first-order valence-electron chi connectivity index (χ1n) is 6.84. The van der Waals surface area contributed by atoms with Gasteiger partial charge in [0, 0.05) is 43.4 Å². The van der Waals surface area contributed by atoms with Crippen LogP contribution in [-0.4, -0.2) is 59.7 Å². The van der Waals surface area contributed by atoms with Crippen LogP contribution in [0.3, 0.4) is 0 Å². The van der Waals surface area contributed by atoms with Gasteiger partial charge in [0.05, 0.1) is 12.7 Å². The topological polar surface area (TPSA) is 67.2 Å². The Morgan fingerprint density at radius 2 is 2.10 bits per heavy atom. The summed E-state index contributed by atoms with van der Waals surface area (Å²) in [6, 6.07) is 0.416. The van der Waals surface area contributed by atoms with E-state index in [4.69, 9.17) is 0 Å². The summed E-state index contributed by atoms with van der Waals surface area (Å²) in [5, 5.41) is 7.42. The molecular formula is C12H22N4O2S2. The van der Waals surface area contributed by atoms with Gasteiger partial charge in [-0.2, -0.15) is 21.2 Å². The average Bonchev–Trinajstić information content (AvgIpc) is 2.89. The number of hydrogen-bond donors (Lipinski definition) is 1. The maximum atomic E-state index is 12.4. The normalized spacial score (nSPS) is 17.8. The van der Waals surface area contributed by atoms with E-state index in [1.165, 1.54) is 6.20 Å². The van der Waals surface area contributed by atoms with Crippen LogP contribution in [0, 0.1) is 0 Å². The Balaban J connectivity index is 2.00. The van der Waals surface area contributed by atoms with Gasteiger partial charge in [0.15, 0.2) is 0 Å². The van der Waals surface area contributed by atoms with Crippen molar-refractivity contribution in [1.82, 2.24) is 19.4 Å². The predicted molar refractivity (Wildman–Crippen MR) is 81.4 cm³/mol. The van der Waals surface area contributed by atoms with Crippen LogP contribution in [0.1, 0.15) is 13.8 Å². The molecule has 1 fully saturated rings. The molecule has 0 aromatic carbocycles. The van der Waals surface area contributed by atoms with Gasteiger partial charge in [-0.15, -0.1) is 0 Å². The SMILES string of the molecule is CC(C)NCCn1cc(S(=O)(=O)N2CCSCC2)cn1. The molecule has 0 spiro atoms. The highest BCUT2D eigenvalue weighted by molar-refractivity contribution is 7.99. The first kappa shape index (κ1) is 15.8. The molecule has 1 aliphatic heterocycles. The Morgan fingerprint density at radius 1 is 1.40 bits per heavy atom. The molecule has 2 rings (SSSR count). The van der Waals surface area contributed by atoms with E-state index in [9.17, 15) is 8.42 Å². The van der Waals surface area contributed by atoms with Crippen molar-refractivity contribution in [1.29, 1.82) is 0 Å². The molecule has 6 nitrogen and oxygen atoms in total. The first-order valence-corrected chi connectivity index (χ1v) is 9.43. The number of thioether (sulfide) groups is 1. The van der Waals surface area contributed by atoms with Crippen molar-refractivity contribution in [2.75, 3.05) is 31.1 Å². The number of aromatic nitrogens is 2. The maximum absolute atomic E-state index is 12.4. The minimum absolute atomic E-state index is 0.300. The largest absolute Gasteiger partial charge is 0.313 e. The fraction of sp³-hybridized carbons (Fsp3) is 0.750. The maximum Gasteiger partial charge on any atom is 0.246 e. The lowest BCUT2D eigenvalue weighted by Crippen LogP contribution is -2.37. The van der Waals surface area contributed by atoms with Gasteiger partial charge in [0.1, 0.15) is 4.90 Å². The lowest BCUT2D eigenvalue weighted by Gasteiger charge is -2.24.